The zero-order valence-electron chi connectivity index (χ0n) is 40.6. The van der Waals surface area contributed by atoms with E-state index < -0.39 is 0 Å². The van der Waals surface area contributed by atoms with Gasteiger partial charge in [-0.2, -0.15) is 0 Å². The number of aryl methyl sites for hydroxylation is 4. The summed E-state index contributed by atoms with van der Waals surface area (Å²) in [5.41, 5.74) is 15.3. The molecular formula is C66H62. The highest BCUT2D eigenvalue weighted by atomic mass is 14.1. The maximum atomic E-state index is 3.54. The first kappa shape index (κ1) is 49.6. The van der Waals surface area contributed by atoms with Gasteiger partial charge < -0.3 is 0 Å². The zero-order valence-corrected chi connectivity index (χ0v) is 40.6. The van der Waals surface area contributed by atoms with Crippen LogP contribution in [0.2, 0.25) is 0 Å². The number of benzene rings is 5. The molecule has 0 heterocycles. The van der Waals surface area contributed by atoms with E-state index in [9.17, 15) is 0 Å². The van der Waals surface area contributed by atoms with E-state index >= 15 is 0 Å². The summed E-state index contributed by atoms with van der Waals surface area (Å²) in [6, 6.07) is 30.0. The molecule has 0 saturated carbocycles. The smallest absolute Gasteiger partial charge is 0.0419 e. The molecule has 66 heavy (non-hydrogen) atoms. The van der Waals surface area contributed by atoms with Crippen molar-refractivity contribution in [2.45, 2.75) is 132 Å². The molecule has 5 aromatic rings. The fourth-order valence-corrected chi connectivity index (χ4v) is 7.45. The van der Waals surface area contributed by atoms with E-state index in [4.69, 9.17) is 0 Å². The van der Waals surface area contributed by atoms with Crippen LogP contribution < -0.4 is 0 Å². The third-order valence-electron chi connectivity index (χ3n) is 11.1. The Balaban J connectivity index is 1.80. The molecule has 326 valence electrons. The lowest BCUT2D eigenvalue weighted by molar-refractivity contribution is 0.795. The van der Waals surface area contributed by atoms with Gasteiger partial charge in [-0.05, 0) is 162 Å². The minimum absolute atomic E-state index is 0.756. The van der Waals surface area contributed by atoms with E-state index in [-0.39, 0.29) is 0 Å². The van der Waals surface area contributed by atoms with Crippen LogP contribution in [0.25, 0.3) is 0 Å². The van der Waals surface area contributed by atoms with Crippen molar-refractivity contribution >= 4 is 0 Å². The fourth-order valence-electron chi connectivity index (χ4n) is 7.45. The normalized spacial score (nSPS) is 9.58. The quantitative estimate of drug-likeness (QED) is 0.110. The van der Waals surface area contributed by atoms with Gasteiger partial charge in [0.15, 0.2) is 0 Å². The Labute approximate surface area is 399 Å². The molecule has 0 atom stereocenters. The molecule has 0 amide bonds. The predicted octanol–water partition coefficient (Wildman–Crippen LogP) is 14.1. The summed E-state index contributed by atoms with van der Waals surface area (Å²) in [6.07, 6.45) is 13.1. The van der Waals surface area contributed by atoms with Gasteiger partial charge >= 0.3 is 0 Å². The average molecular weight is 855 g/mol. The minimum atomic E-state index is 0.756. The van der Waals surface area contributed by atoms with Gasteiger partial charge in [0.2, 0.25) is 0 Å². The van der Waals surface area contributed by atoms with E-state index in [0.29, 0.717) is 0 Å². The summed E-state index contributed by atoms with van der Waals surface area (Å²) in [5.74, 6) is 53.9. The highest BCUT2D eigenvalue weighted by molar-refractivity contribution is 5.67. The van der Waals surface area contributed by atoms with Crippen LogP contribution in [-0.4, -0.2) is 0 Å². The minimum Gasteiger partial charge on any atom is -0.101 e. The third-order valence-corrected chi connectivity index (χ3v) is 11.1. The average Bonchev–Trinajstić information content (AvgIpc) is 3.33. The molecule has 0 aliphatic heterocycles. The van der Waals surface area contributed by atoms with Gasteiger partial charge in [0.05, 0.1) is 0 Å². The van der Waals surface area contributed by atoms with Crippen molar-refractivity contribution in [1.82, 2.24) is 0 Å². The van der Waals surface area contributed by atoms with Crippen LogP contribution in [-0.2, 0) is 25.7 Å². The summed E-state index contributed by atoms with van der Waals surface area (Å²) >= 11 is 0. The maximum Gasteiger partial charge on any atom is 0.0419 e. The second kappa shape index (κ2) is 27.0. The molecule has 5 rings (SSSR count). The van der Waals surface area contributed by atoms with E-state index in [1.807, 2.05) is 27.7 Å². The second-order valence-electron chi connectivity index (χ2n) is 16.4. The molecule has 0 aliphatic rings. The summed E-state index contributed by atoms with van der Waals surface area (Å²) in [6.45, 7) is 16.4. The molecule has 0 N–H and O–H groups in total. The summed E-state index contributed by atoms with van der Waals surface area (Å²) in [7, 11) is 0. The zero-order chi connectivity index (χ0) is 46.9. The van der Waals surface area contributed by atoms with Gasteiger partial charge in [0.1, 0.15) is 0 Å². The Bertz CT molecular complexity index is 2630. The van der Waals surface area contributed by atoms with E-state index in [2.05, 4.69) is 207 Å². The number of rotatable bonds is 12. The molecule has 0 heteroatoms. The SMILES string of the molecule is CC#Cc1cc(CCCC)ccc1C#Cc1cc(C#Cc2ccc(CCCC)cc2C#CC)c(C#Cc2ccc(CCCC)cc2C#CC)cc1C#Cc1ccc(CCCC)cc1C#CC. The summed E-state index contributed by atoms with van der Waals surface area (Å²) < 4.78 is 0. The Kier molecular flexibility index (Phi) is 20.3. The lowest BCUT2D eigenvalue weighted by Crippen LogP contribution is -1.95. The molecule has 0 saturated heterocycles. The molecule has 0 unspecified atom stereocenters. The van der Waals surface area contributed by atoms with Gasteiger partial charge in [-0.25, -0.2) is 0 Å². The van der Waals surface area contributed by atoms with E-state index in [1.54, 1.807) is 0 Å². The Hall–Kier alpha value is -7.42. The summed E-state index contributed by atoms with van der Waals surface area (Å²) in [5, 5.41) is 0. The summed E-state index contributed by atoms with van der Waals surface area (Å²) in [4.78, 5) is 0. The van der Waals surface area contributed by atoms with Crippen LogP contribution in [0, 0.1) is 94.7 Å². The molecule has 0 aromatic heterocycles. The van der Waals surface area contributed by atoms with Crippen molar-refractivity contribution in [1.29, 1.82) is 0 Å². The van der Waals surface area contributed by atoms with Crippen molar-refractivity contribution < 1.29 is 0 Å². The molecule has 0 radical (unpaired) electrons. The first-order valence-electron chi connectivity index (χ1n) is 23.8. The van der Waals surface area contributed by atoms with Crippen LogP contribution >= 0.6 is 0 Å². The molecule has 0 bridgehead atoms. The Morgan fingerprint density at radius 3 is 0.636 bits per heavy atom. The molecule has 0 spiro atoms. The second-order valence-corrected chi connectivity index (χ2v) is 16.4. The van der Waals surface area contributed by atoms with Crippen molar-refractivity contribution in [3.05, 3.63) is 174 Å². The van der Waals surface area contributed by atoms with Gasteiger partial charge in [-0.3, -0.25) is 0 Å². The van der Waals surface area contributed by atoms with Gasteiger partial charge in [0.25, 0.3) is 0 Å². The van der Waals surface area contributed by atoms with Crippen molar-refractivity contribution in [2.75, 3.05) is 0 Å². The highest BCUT2D eigenvalue weighted by Crippen LogP contribution is 2.21. The lowest BCUT2D eigenvalue weighted by atomic mass is 9.95. The van der Waals surface area contributed by atoms with Crippen molar-refractivity contribution in [3.8, 4) is 94.7 Å². The highest BCUT2D eigenvalue weighted by Gasteiger charge is 2.10. The predicted molar refractivity (Wildman–Crippen MR) is 281 cm³/mol. The van der Waals surface area contributed by atoms with E-state index in [0.717, 1.165) is 144 Å². The molecule has 0 fully saturated rings. The fraction of sp³-hybridized carbons (Fsp3) is 0.303. The standard InChI is InChI=1S/C66H62/c1-9-17-25-51-29-33-55(59(45-51)21-13-5)37-41-63-49-65(43-39-57-35-31-53(27-19-11-3)47-61(57)23-15-7)66(44-40-58-36-32-54(28-20-12-4)48-62(58)24-16-8)50-64(63)42-38-56-34-30-52(26-18-10-2)46-60(56)22-14-6/h29-36,45-50H,9-12,17-20,25-28H2,1-8H3. The maximum absolute atomic E-state index is 3.54. The van der Waals surface area contributed by atoms with Gasteiger partial charge in [-0.1, -0.05) is 149 Å². The lowest BCUT2D eigenvalue weighted by Gasteiger charge is -2.06. The largest absolute Gasteiger partial charge is 0.101 e. The molecular weight excluding hydrogens is 793 g/mol. The first-order valence-corrected chi connectivity index (χ1v) is 23.8. The van der Waals surface area contributed by atoms with Crippen molar-refractivity contribution in [3.63, 3.8) is 0 Å². The topological polar surface area (TPSA) is 0 Å². The molecule has 5 aromatic carbocycles. The Morgan fingerprint density at radius 2 is 0.439 bits per heavy atom. The number of hydrogen-bond acceptors (Lipinski definition) is 0. The van der Waals surface area contributed by atoms with Crippen LogP contribution in [0.4, 0.5) is 0 Å². The molecule has 0 aliphatic carbocycles. The number of unbranched alkanes of at least 4 members (excludes halogenated alkanes) is 4. The van der Waals surface area contributed by atoms with Crippen LogP contribution in [0.1, 0.15) is 196 Å². The van der Waals surface area contributed by atoms with Gasteiger partial charge in [0, 0.05) is 66.8 Å². The monoisotopic (exact) mass is 854 g/mol. The number of hydrogen-bond donors (Lipinski definition) is 0. The van der Waals surface area contributed by atoms with Crippen LogP contribution in [0.15, 0.2) is 84.9 Å². The van der Waals surface area contributed by atoms with Crippen LogP contribution in [0.5, 0.6) is 0 Å². The van der Waals surface area contributed by atoms with Crippen LogP contribution in [0.3, 0.4) is 0 Å². The Morgan fingerprint density at radius 1 is 0.242 bits per heavy atom. The van der Waals surface area contributed by atoms with Crippen molar-refractivity contribution in [2.24, 2.45) is 0 Å². The van der Waals surface area contributed by atoms with Gasteiger partial charge in [-0.15, -0.1) is 23.7 Å². The first-order chi connectivity index (χ1) is 32.4. The molecule has 0 nitrogen and oxygen atoms in total. The third kappa shape index (κ3) is 14.8. The van der Waals surface area contributed by atoms with E-state index in [1.165, 1.54) is 22.3 Å².